The number of ether oxygens (including phenoxy) is 5. The van der Waals surface area contributed by atoms with Crippen molar-refractivity contribution in [1.29, 1.82) is 0 Å². The first-order valence-corrected chi connectivity index (χ1v) is 18.2. The molecule has 0 N–H and O–H groups in total. The van der Waals surface area contributed by atoms with Crippen LogP contribution in [-0.4, -0.2) is 43.7 Å². The summed E-state index contributed by atoms with van der Waals surface area (Å²) in [7, 11) is 0. The van der Waals surface area contributed by atoms with E-state index in [1.54, 1.807) is 45.0 Å². The molecule has 0 amide bonds. The van der Waals surface area contributed by atoms with E-state index >= 15 is 0 Å². The Morgan fingerprint density at radius 2 is 1.11 bits per heavy atom. The van der Waals surface area contributed by atoms with E-state index in [1.807, 2.05) is 86.6 Å². The van der Waals surface area contributed by atoms with Crippen LogP contribution in [0.2, 0.25) is 0 Å². The Morgan fingerprint density at radius 1 is 0.625 bits per heavy atom. The van der Waals surface area contributed by atoms with Gasteiger partial charge in [-0.05, 0) is 109 Å². The van der Waals surface area contributed by atoms with Gasteiger partial charge in [-0.15, -0.1) is 0 Å². The van der Waals surface area contributed by atoms with Crippen molar-refractivity contribution in [1.82, 2.24) is 0 Å². The lowest BCUT2D eigenvalue weighted by Gasteiger charge is -2.28. The molecule has 0 spiro atoms. The van der Waals surface area contributed by atoms with Crippen molar-refractivity contribution < 1.29 is 42.9 Å². The van der Waals surface area contributed by atoms with Gasteiger partial charge in [-0.2, -0.15) is 0 Å². The van der Waals surface area contributed by atoms with Crippen LogP contribution in [-0.2, 0) is 35.1 Å². The van der Waals surface area contributed by atoms with E-state index in [2.05, 4.69) is 19.7 Å². The summed E-state index contributed by atoms with van der Waals surface area (Å²) in [5, 5.41) is 0. The first kappa shape index (κ1) is 42.3. The Hall–Kier alpha value is -6.48. The third kappa shape index (κ3) is 12.6. The number of esters is 4. The number of benzene rings is 4. The third-order valence-corrected chi connectivity index (χ3v) is 8.68. The number of aryl methyl sites for hydroxylation is 1. The molecule has 4 aromatic carbocycles. The van der Waals surface area contributed by atoms with Gasteiger partial charge in [-0.3, -0.25) is 0 Å². The minimum absolute atomic E-state index is 0.0290. The summed E-state index contributed by atoms with van der Waals surface area (Å²) < 4.78 is 27.7. The topological polar surface area (TPSA) is 114 Å². The van der Waals surface area contributed by atoms with Crippen molar-refractivity contribution in [2.45, 2.75) is 47.5 Å². The maximum absolute atomic E-state index is 12.8. The van der Waals surface area contributed by atoms with Gasteiger partial charge in [0.05, 0.1) is 6.61 Å². The smallest absolute Gasteiger partial charge is 0.338 e. The maximum atomic E-state index is 12.8. The van der Waals surface area contributed by atoms with E-state index in [1.165, 1.54) is 6.08 Å². The fourth-order valence-electron chi connectivity index (χ4n) is 5.21. The lowest BCUT2D eigenvalue weighted by Crippen LogP contribution is -2.33. The van der Waals surface area contributed by atoms with Gasteiger partial charge in [0.25, 0.3) is 0 Å². The van der Waals surface area contributed by atoms with Crippen LogP contribution in [0.4, 0.5) is 0 Å². The summed E-state index contributed by atoms with van der Waals surface area (Å²) in [6.07, 6.45) is 4.22. The molecule has 9 heteroatoms. The standard InChI is InChI=1S/C47H48O9/c1-9-35-28-39(38-17-22-41(23-18-38)55-46(51)33(6)7)19-24-42(35)56-43(48)25-12-34-10-13-36(14-11-34)37-15-20-40(21-16-37)52-27-26-47(8,29-53-44(49)31(2)3)30-54-45(50)32(4)5/h10-25,28H,2,4,6,9,26-27,29-30H2,1,3,5,7-8H3/b25-12+. The zero-order valence-electron chi connectivity index (χ0n) is 32.6. The minimum atomic E-state index is -0.686. The average molecular weight is 757 g/mol. The summed E-state index contributed by atoms with van der Waals surface area (Å²) in [6, 6.07) is 28.2. The van der Waals surface area contributed by atoms with E-state index < -0.39 is 29.3 Å². The molecule has 4 aromatic rings. The highest BCUT2D eigenvalue weighted by atomic mass is 16.6. The molecule has 0 unspecified atom stereocenters. The number of carbonyl (C=O) groups is 4. The zero-order chi connectivity index (χ0) is 40.8. The highest BCUT2D eigenvalue weighted by molar-refractivity contribution is 5.90. The van der Waals surface area contributed by atoms with Crippen LogP contribution in [0.1, 0.15) is 52.2 Å². The van der Waals surface area contributed by atoms with E-state index in [-0.39, 0.29) is 24.4 Å². The molecule has 0 aliphatic carbocycles. The first-order valence-electron chi connectivity index (χ1n) is 18.2. The summed E-state index contributed by atoms with van der Waals surface area (Å²) >= 11 is 0. The molecule has 9 nitrogen and oxygen atoms in total. The van der Waals surface area contributed by atoms with Crippen molar-refractivity contribution >= 4 is 30.0 Å². The van der Waals surface area contributed by atoms with Crippen molar-refractivity contribution in [3.05, 3.63) is 145 Å². The zero-order valence-corrected chi connectivity index (χ0v) is 32.6. The Labute approximate surface area is 328 Å². The normalized spacial score (nSPS) is 11.0. The number of hydrogen-bond donors (Lipinski definition) is 0. The Balaban J connectivity index is 1.31. The van der Waals surface area contributed by atoms with Crippen LogP contribution >= 0.6 is 0 Å². The van der Waals surface area contributed by atoms with Crippen LogP contribution in [0.5, 0.6) is 17.2 Å². The largest absolute Gasteiger partial charge is 0.494 e. The molecule has 0 fully saturated rings. The second-order valence-electron chi connectivity index (χ2n) is 13.9. The quantitative estimate of drug-likeness (QED) is 0.0556. The van der Waals surface area contributed by atoms with Crippen molar-refractivity contribution in [2.75, 3.05) is 19.8 Å². The molecule has 290 valence electrons. The molecule has 0 bridgehead atoms. The first-order chi connectivity index (χ1) is 26.7. The Kier molecular flexibility index (Phi) is 14.9. The van der Waals surface area contributed by atoms with Crippen molar-refractivity contribution in [3.8, 4) is 39.5 Å². The van der Waals surface area contributed by atoms with Gasteiger partial charge < -0.3 is 23.7 Å². The molecule has 0 saturated carbocycles. The van der Waals surface area contributed by atoms with E-state index in [0.717, 1.165) is 33.4 Å². The van der Waals surface area contributed by atoms with Crippen molar-refractivity contribution in [3.63, 3.8) is 0 Å². The third-order valence-electron chi connectivity index (χ3n) is 8.68. The molecule has 56 heavy (non-hydrogen) atoms. The highest BCUT2D eigenvalue weighted by Crippen LogP contribution is 2.30. The van der Waals surface area contributed by atoms with Crippen molar-refractivity contribution in [2.24, 2.45) is 5.41 Å². The molecule has 0 aromatic heterocycles. The molecule has 4 rings (SSSR count). The summed E-state index contributed by atoms with van der Waals surface area (Å²) in [5.74, 6) is -0.409. The van der Waals surface area contributed by atoms with Crippen LogP contribution in [0.25, 0.3) is 28.3 Å². The molecule has 0 aliphatic rings. The molecular formula is C47H48O9. The van der Waals surface area contributed by atoms with Gasteiger partial charge in [0, 0.05) is 28.2 Å². The van der Waals surface area contributed by atoms with Gasteiger partial charge in [-0.1, -0.05) is 88.2 Å². The molecule has 0 heterocycles. The minimum Gasteiger partial charge on any atom is -0.494 e. The van der Waals surface area contributed by atoms with E-state index in [4.69, 9.17) is 23.7 Å². The fraction of sp³-hybridized carbons (Fsp3) is 0.234. The SMILES string of the molecule is C=C(C)C(=O)OCC(C)(CCOc1ccc(-c2ccc(/C=C/C(=O)Oc3ccc(-c4ccc(OC(=O)C(=C)C)cc4)cc3CC)cc2)cc1)COC(=O)C(=C)C. The second-order valence-corrected chi connectivity index (χ2v) is 13.9. The molecule has 0 saturated heterocycles. The summed E-state index contributed by atoms with van der Waals surface area (Å²) in [6.45, 7) is 19.8. The maximum Gasteiger partial charge on any atom is 0.338 e. The van der Waals surface area contributed by atoms with Crippen LogP contribution in [0.15, 0.2) is 134 Å². The Morgan fingerprint density at radius 3 is 1.62 bits per heavy atom. The van der Waals surface area contributed by atoms with Crippen LogP contribution < -0.4 is 14.2 Å². The van der Waals surface area contributed by atoms with E-state index in [0.29, 0.717) is 42.3 Å². The van der Waals surface area contributed by atoms with Gasteiger partial charge in [0.15, 0.2) is 0 Å². The van der Waals surface area contributed by atoms with Gasteiger partial charge >= 0.3 is 23.9 Å². The van der Waals surface area contributed by atoms with Gasteiger partial charge in [0.1, 0.15) is 30.5 Å². The monoisotopic (exact) mass is 756 g/mol. The van der Waals surface area contributed by atoms with Crippen LogP contribution in [0, 0.1) is 5.41 Å². The number of hydrogen-bond acceptors (Lipinski definition) is 9. The number of carbonyl (C=O) groups excluding carboxylic acids is 4. The average Bonchev–Trinajstić information content (AvgIpc) is 3.19. The highest BCUT2D eigenvalue weighted by Gasteiger charge is 2.29. The Bertz CT molecular complexity index is 2070. The summed E-state index contributed by atoms with van der Waals surface area (Å²) in [5.41, 5.74) is 5.75. The lowest BCUT2D eigenvalue weighted by molar-refractivity contribution is -0.149. The molecule has 0 radical (unpaired) electrons. The number of rotatable bonds is 18. The van der Waals surface area contributed by atoms with E-state index in [9.17, 15) is 19.2 Å². The second kappa shape index (κ2) is 19.7. The van der Waals surface area contributed by atoms with Gasteiger partial charge in [0.2, 0.25) is 0 Å². The molecule has 0 atom stereocenters. The lowest BCUT2D eigenvalue weighted by atomic mass is 9.89. The summed E-state index contributed by atoms with van der Waals surface area (Å²) in [4.78, 5) is 48.6. The predicted octanol–water partition coefficient (Wildman–Crippen LogP) is 9.70. The fourth-order valence-corrected chi connectivity index (χ4v) is 5.21. The molecule has 0 aliphatic heterocycles. The predicted molar refractivity (Wildman–Crippen MR) is 218 cm³/mol. The van der Waals surface area contributed by atoms with Gasteiger partial charge in [-0.25, -0.2) is 19.2 Å². The van der Waals surface area contributed by atoms with Crippen LogP contribution in [0.3, 0.4) is 0 Å². The molecular weight excluding hydrogens is 709 g/mol.